The van der Waals surface area contributed by atoms with Crippen molar-refractivity contribution >= 4 is 0 Å². The van der Waals surface area contributed by atoms with E-state index >= 15 is 0 Å². The van der Waals surface area contributed by atoms with E-state index in [1.807, 2.05) is 40.0 Å². The molecular weight excluding hydrogens is 342 g/mol. The van der Waals surface area contributed by atoms with Gasteiger partial charge in [-0.2, -0.15) is 10.5 Å². The summed E-state index contributed by atoms with van der Waals surface area (Å²) in [4.78, 5) is 14.8. The highest BCUT2D eigenvalue weighted by atomic mass is 16.7. The molecule has 7 nitrogen and oxygen atoms in total. The lowest BCUT2D eigenvalue weighted by molar-refractivity contribution is -0.122. The number of hydroxylamine groups is 1. The summed E-state index contributed by atoms with van der Waals surface area (Å²) in [7, 11) is 0. The fourth-order valence-corrected chi connectivity index (χ4v) is 3.72. The van der Waals surface area contributed by atoms with E-state index in [1.54, 1.807) is 6.20 Å². The quantitative estimate of drug-likeness (QED) is 0.748. The molecule has 3 heterocycles. The molecule has 0 spiro atoms. The molecule has 2 aromatic rings. The molecule has 2 N–H and O–H groups in total. The normalized spacial score (nSPS) is 26.0. The smallest absolute Gasteiger partial charge is 0.231 e. The van der Waals surface area contributed by atoms with E-state index in [4.69, 9.17) is 9.36 Å². The van der Waals surface area contributed by atoms with Crippen molar-refractivity contribution in [3.8, 4) is 0 Å². The Morgan fingerprint density at radius 2 is 2.19 bits per heavy atom. The van der Waals surface area contributed by atoms with Crippen LogP contribution in [0.2, 0.25) is 0 Å². The Labute approximate surface area is 161 Å². The second-order valence-electron chi connectivity index (χ2n) is 8.90. The van der Waals surface area contributed by atoms with Gasteiger partial charge in [0, 0.05) is 18.4 Å². The van der Waals surface area contributed by atoms with Gasteiger partial charge < -0.3 is 4.52 Å². The zero-order valence-electron chi connectivity index (χ0n) is 17.1. The van der Waals surface area contributed by atoms with E-state index in [2.05, 4.69) is 45.8 Å². The fraction of sp³-hybridized carbons (Fsp3) is 0.650. The first-order valence-electron chi connectivity index (χ1n) is 9.60. The highest BCUT2D eigenvalue weighted by Crippen LogP contribution is 2.45. The predicted octanol–water partition coefficient (Wildman–Crippen LogP) is 3.65. The molecule has 3 rings (SSSR count). The minimum Gasteiger partial charge on any atom is -0.339 e. The number of nitrogens with one attached hydrogen (secondary N) is 2. The summed E-state index contributed by atoms with van der Waals surface area (Å²) < 4.78 is 5.55. The zero-order chi connectivity index (χ0) is 19.7. The summed E-state index contributed by atoms with van der Waals surface area (Å²) in [5.41, 5.74) is 3.76. The molecule has 3 atom stereocenters. The van der Waals surface area contributed by atoms with Crippen LogP contribution in [0.3, 0.4) is 0 Å². The van der Waals surface area contributed by atoms with Gasteiger partial charge in [0.1, 0.15) is 0 Å². The van der Waals surface area contributed by atoms with Gasteiger partial charge in [-0.3, -0.25) is 15.1 Å². The maximum atomic E-state index is 6.00. The summed E-state index contributed by atoms with van der Waals surface area (Å²) in [6, 6.07) is 4.04. The summed E-state index contributed by atoms with van der Waals surface area (Å²) >= 11 is 0. The van der Waals surface area contributed by atoms with E-state index in [0.717, 1.165) is 18.4 Å². The van der Waals surface area contributed by atoms with Crippen molar-refractivity contribution in [3.63, 3.8) is 0 Å². The minimum absolute atomic E-state index is 0.00775. The summed E-state index contributed by atoms with van der Waals surface area (Å²) in [6.45, 7) is 12.4. The Balaban J connectivity index is 1.95. The summed E-state index contributed by atoms with van der Waals surface area (Å²) in [5.74, 6) is 1.81. The second kappa shape index (κ2) is 7.66. The Hall–Kier alpha value is -1.83. The molecular formula is C20H31N5O2. The van der Waals surface area contributed by atoms with Crippen LogP contribution < -0.4 is 10.8 Å². The Morgan fingerprint density at radius 3 is 2.74 bits per heavy atom. The Morgan fingerprint density at radius 1 is 1.41 bits per heavy atom. The summed E-state index contributed by atoms with van der Waals surface area (Å²) in [6.07, 6.45) is 5.36. The Bertz CT molecular complexity index is 740. The Kier molecular flexibility index (Phi) is 5.65. The fourth-order valence-electron chi connectivity index (χ4n) is 3.72. The molecule has 0 saturated carbocycles. The van der Waals surface area contributed by atoms with Gasteiger partial charge in [0.15, 0.2) is 5.82 Å². The molecule has 1 aliphatic rings. The molecule has 7 heteroatoms. The van der Waals surface area contributed by atoms with Crippen molar-refractivity contribution in [2.24, 2.45) is 5.92 Å². The van der Waals surface area contributed by atoms with E-state index in [9.17, 15) is 0 Å². The van der Waals surface area contributed by atoms with Gasteiger partial charge >= 0.3 is 0 Å². The highest BCUT2D eigenvalue weighted by Gasteiger charge is 2.49. The lowest BCUT2D eigenvalue weighted by Gasteiger charge is -2.35. The molecule has 0 unspecified atom stereocenters. The number of hydrogen-bond acceptors (Lipinski definition) is 7. The first kappa shape index (κ1) is 19.9. The average Bonchev–Trinajstić information content (AvgIpc) is 3.17. The van der Waals surface area contributed by atoms with Crippen molar-refractivity contribution in [2.75, 3.05) is 0 Å². The molecule has 0 aromatic carbocycles. The molecule has 1 aliphatic heterocycles. The van der Waals surface area contributed by atoms with Crippen LogP contribution in [-0.4, -0.2) is 26.4 Å². The first-order valence-corrected chi connectivity index (χ1v) is 9.60. The van der Waals surface area contributed by atoms with E-state index in [0.29, 0.717) is 17.6 Å². The topological polar surface area (TPSA) is 85.1 Å². The van der Waals surface area contributed by atoms with Crippen LogP contribution in [0.25, 0.3) is 0 Å². The van der Waals surface area contributed by atoms with Gasteiger partial charge in [0.2, 0.25) is 5.89 Å². The van der Waals surface area contributed by atoms with Gasteiger partial charge in [-0.15, -0.1) is 0 Å². The van der Waals surface area contributed by atoms with Crippen molar-refractivity contribution in [1.29, 1.82) is 0 Å². The lowest BCUT2D eigenvalue weighted by Crippen LogP contribution is -2.56. The van der Waals surface area contributed by atoms with Crippen LogP contribution in [0.15, 0.2) is 29.0 Å². The van der Waals surface area contributed by atoms with Crippen LogP contribution >= 0.6 is 0 Å². The molecule has 0 radical (unpaired) electrons. The molecule has 0 bridgehead atoms. The van der Waals surface area contributed by atoms with Gasteiger partial charge in [-0.05, 0) is 58.1 Å². The maximum absolute atomic E-state index is 6.00. The lowest BCUT2D eigenvalue weighted by atomic mass is 9.90. The monoisotopic (exact) mass is 373 g/mol. The van der Waals surface area contributed by atoms with Crippen LogP contribution in [0.4, 0.5) is 0 Å². The van der Waals surface area contributed by atoms with E-state index in [1.165, 1.54) is 0 Å². The third-order valence-electron chi connectivity index (χ3n) is 4.62. The van der Waals surface area contributed by atoms with Crippen molar-refractivity contribution in [1.82, 2.24) is 25.9 Å². The number of aromatic nitrogens is 3. The van der Waals surface area contributed by atoms with Gasteiger partial charge in [-0.1, -0.05) is 25.1 Å². The summed E-state index contributed by atoms with van der Waals surface area (Å²) in [5, 5.41) is 7.78. The van der Waals surface area contributed by atoms with Gasteiger partial charge in [0.25, 0.3) is 0 Å². The van der Waals surface area contributed by atoms with Crippen LogP contribution in [-0.2, 0) is 4.84 Å². The number of pyridine rings is 1. The first-order chi connectivity index (χ1) is 12.7. The van der Waals surface area contributed by atoms with Crippen molar-refractivity contribution < 1.29 is 9.36 Å². The predicted molar refractivity (Wildman–Crippen MR) is 103 cm³/mol. The molecule has 0 amide bonds. The average molecular weight is 374 g/mol. The molecule has 27 heavy (non-hydrogen) atoms. The number of nitrogens with zero attached hydrogens (tertiary/aromatic N) is 3. The van der Waals surface area contributed by atoms with Crippen molar-refractivity contribution in [3.05, 3.63) is 41.8 Å². The third kappa shape index (κ3) is 4.91. The maximum Gasteiger partial charge on any atom is 0.231 e. The molecule has 148 valence electrons. The van der Waals surface area contributed by atoms with Crippen LogP contribution in [0.5, 0.6) is 0 Å². The molecule has 1 fully saturated rings. The van der Waals surface area contributed by atoms with Crippen molar-refractivity contribution in [2.45, 2.75) is 77.6 Å². The molecule has 2 aromatic heterocycles. The third-order valence-corrected chi connectivity index (χ3v) is 4.62. The largest absolute Gasteiger partial charge is 0.339 e. The SMILES string of the molecule is Cc1noc([C@H]2C[C@@](CC(C)C)(NOC(C)(C)C)N[C@H]2c2cccnc2)n1. The standard InChI is InChI=1S/C20H31N5O2/c1-13(2)10-20(25-27-19(4,5)6)11-16(18-22-14(3)24-26-18)17(23-20)15-8-7-9-21-12-15/h7-9,12-13,16-17,23,25H,10-11H2,1-6H3/t16-,17-,20+/m0/s1. The zero-order valence-corrected chi connectivity index (χ0v) is 17.1. The molecule has 1 saturated heterocycles. The van der Waals surface area contributed by atoms with Gasteiger partial charge in [0.05, 0.1) is 17.2 Å². The number of hydrogen-bond donors (Lipinski definition) is 2. The van der Waals surface area contributed by atoms with Crippen LogP contribution in [0, 0.1) is 12.8 Å². The van der Waals surface area contributed by atoms with E-state index in [-0.39, 0.29) is 17.6 Å². The van der Waals surface area contributed by atoms with E-state index < -0.39 is 5.66 Å². The van der Waals surface area contributed by atoms with Gasteiger partial charge in [-0.25, -0.2) is 0 Å². The molecule has 0 aliphatic carbocycles. The van der Waals surface area contributed by atoms with Crippen LogP contribution in [0.1, 0.15) is 76.7 Å². The number of aryl methyl sites for hydroxylation is 1. The second-order valence-corrected chi connectivity index (χ2v) is 8.90. The number of rotatable bonds is 6. The highest BCUT2D eigenvalue weighted by molar-refractivity contribution is 5.23. The minimum atomic E-state index is -0.394.